The molecule has 0 radical (unpaired) electrons. The van der Waals surface area contributed by atoms with Crippen LogP contribution in [0.4, 0.5) is 0 Å². The molecule has 324 valence electrons. The molecule has 0 aliphatic heterocycles. The first-order valence-electron chi connectivity index (χ1n) is 25.1. The Kier molecular flexibility index (Phi) is 44.8. The van der Waals surface area contributed by atoms with Gasteiger partial charge in [0.15, 0.2) is 0 Å². The Balaban J connectivity index is 0.0000302. The summed E-state index contributed by atoms with van der Waals surface area (Å²) in [6.45, 7) is 2.31. The van der Waals surface area contributed by atoms with Gasteiger partial charge in [-0.2, -0.15) is 0 Å². The molecule has 1 rings (SSSR count). The molecule has 5 heteroatoms. The van der Waals surface area contributed by atoms with Crippen molar-refractivity contribution in [1.82, 2.24) is 0 Å². The first-order valence-corrected chi connectivity index (χ1v) is 26.5. The van der Waals surface area contributed by atoms with Gasteiger partial charge in [-0.15, -0.1) is 0 Å². The Bertz CT molecular complexity index is 1010. The van der Waals surface area contributed by atoms with Crippen LogP contribution in [0.3, 0.4) is 0 Å². The molecule has 0 atom stereocenters. The summed E-state index contributed by atoms with van der Waals surface area (Å²) in [5.41, 5.74) is 0.953. The average Bonchev–Trinajstić information content (AvgIpc) is 3.18. The van der Waals surface area contributed by atoms with Crippen molar-refractivity contribution in [2.75, 3.05) is 0 Å². The topological polar surface area (TPSA) is 57.2 Å². The number of hydrogen-bond donors (Lipinski definition) is 0. The molecule has 0 fully saturated rings. The van der Waals surface area contributed by atoms with E-state index in [0.717, 1.165) is 18.4 Å². The van der Waals surface area contributed by atoms with E-state index in [1.807, 2.05) is 6.07 Å². The zero-order chi connectivity index (χ0) is 39.6. The van der Waals surface area contributed by atoms with Gasteiger partial charge in [-0.05, 0) is 30.5 Å². The van der Waals surface area contributed by atoms with E-state index < -0.39 is 10.1 Å². The summed E-state index contributed by atoms with van der Waals surface area (Å²) in [5.74, 6) is 0. The maximum Gasteiger partial charge on any atom is 1.00 e. The molecule has 0 aliphatic rings. The van der Waals surface area contributed by atoms with E-state index in [-0.39, 0.29) is 34.5 Å². The van der Waals surface area contributed by atoms with Crippen LogP contribution >= 0.6 is 0 Å². The van der Waals surface area contributed by atoms with E-state index >= 15 is 0 Å². The number of aryl methyl sites for hydroxylation is 1. The Labute approximate surface area is 374 Å². The summed E-state index contributed by atoms with van der Waals surface area (Å²) >= 11 is 0. The number of unbranched alkanes of at least 4 members (excludes halogenated alkanes) is 42. The van der Waals surface area contributed by atoms with Crippen LogP contribution in [0.15, 0.2) is 29.2 Å². The van der Waals surface area contributed by atoms with Gasteiger partial charge < -0.3 is 4.55 Å². The minimum absolute atomic E-state index is 0. The Morgan fingerprint density at radius 1 is 0.357 bits per heavy atom. The van der Waals surface area contributed by atoms with Gasteiger partial charge in [-0.25, -0.2) is 8.42 Å². The molecule has 1 aromatic carbocycles. The van der Waals surface area contributed by atoms with Gasteiger partial charge in [0.2, 0.25) is 0 Å². The molecule has 1 aromatic rings. The van der Waals surface area contributed by atoms with E-state index in [2.05, 4.69) is 6.92 Å². The summed E-state index contributed by atoms with van der Waals surface area (Å²) < 4.78 is 33.5. The zero-order valence-electron chi connectivity index (χ0n) is 38.1. The fourth-order valence-electron chi connectivity index (χ4n) is 8.51. The van der Waals surface area contributed by atoms with Crippen molar-refractivity contribution in [3.63, 3.8) is 0 Å². The molecule has 0 unspecified atom stereocenters. The first kappa shape index (κ1) is 56.1. The van der Waals surface area contributed by atoms with Crippen molar-refractivity contribution in [1.29, 1.82) is 0 Å². The van der Waals surface area contributed by atoms with Crippen LogP contribution in [0.25, 0.3) is 0 Å². The smallest absolute Gasteiger partial charge is 0.744 e. The van der Waals surface area contributed by atoms with Crippen molar-refractivity contribution in [2.45, 2.75) is 294 Å². The van der Waals surface area contributed by atoms with E-state index in [4.69, 9.17) is 0 Å². The van der Waals surface area contributed by atoms with Gasteiger partial charge in [0.05, 0.1) is 4.90 Å². The van der Waals surface area contributed by atoms with Crippen molar-refractivity contribution < 1.29 is 42.5 Å². The fourth-order valence-corrected chi connectivity index (χ4v) is 9.05. The zero-order valence-corrected chi connectivity index (χ0v) is 40.9. The van der Waals surface area contributed by atoms with Gasteiger partial charge in [-0.3, -0.25) is 0 Å². The minimum Gasteiger partial charge on any atom is -0.744 e. The summed E-state index contributed by atoms with van der Waals surface area (Å²) in [6.07, 6.45) is 62.4. The van der Waals surface area contributed by atoms with Crippen molar-refractivity contribution >= 4 is 10.1 Å². The van der Waals surface area contributed by atoms with Gasteiger partial charge >= 0.3 is 29.6 Å². The minimum atomic E-state index is -4.35. The molecular weight excluding hydrogens is 716 g/mol. The SMILES string of the molecule is CCCCCCCCCCCCCCCCCCCCCCCCCCCCCCCCCCCCCCCCCCCCCc1cccc(S(=O)(=O)[O-])c1.[Na+]. The van der Waals surface area contributed by atoms with Crippen LogP contribution < -0.4 is 29.6 Å². The molecule has 0 aliphatic carbocycles. The molecular formula is C51H95NaO3S. The van der Waals surface area contributed by atoms with Crippen molar-refractivity contribution in [3.8, 4) is 0 Å². The predicted octanol–water partition coefficient (Wildman–Crippen LogP) is 14.9. The van der Waals surface area contributed by atoms with Crippen LogP contribution in [-0.4, -0.2) is 13.0 Å². The predicted molar refractivity (Wildman–Crippen MR) is 242 cm³/mol. The number of rotatable bonds is 45. The summed E-state index contributed by atoms with van der Waals surface area (Å²) in [7, 11) is -4.35. The van der Waals surface area contributed by atoms with Crippen LogP contribution in [0.2, 0.25) is 0 Å². The molecule has 0 spiro atoms. The van der Waals surface area contributed by atoms with Gasteiger partial charge in [-0.1, -0.05) is 289 Å². The number of hydrogen-bond acceptors (Lipinski definition) is 3. The molecule has 56 heavy (non-hydrogen) atoms. The second kappa shape index (κ2) is 44.7. The van der Waals surface area contributed by atoms with Gasteiger partial charge in [0.25, 0.3) is 0 Å². The summed E-state index contributed by atoms with van der Waals surface area (Å²) in [6, 6.07) is 6.51. The van der Waals surface area contributed by atoms with Crippen LogP contribution in [0, 0.1) is 0 Å². The van der Waals surface area contributed by atoms with Crippen molar-refractivity contribution in [3.05, 3.63) is 29.8 Å². The monoisotopic (exact) mass is 811 g/mol. The Morgan fingerprint density at radius 2 is 0.571 bits per heavy atom. The molecule has 0 N–H and O–H groups in total. The largest absolute Gasteiger partial charge is 1.00 e. The van der Waals surface area contributed by atoms with E-state index in [1.54, 1.807) is 6.07 Å². The second-order valence-corrected chi connectivity index (χ2v) is 19.1. The van der Waals surface area contributed by atoms with Gasteiger partial charge in [0.1, 0.15) is 10.1 Å². The Hall–Kier alpha value is 0.130. The molecule has 3 nitrogen and oxygen atoms in total. The molecule has 0 bridgehead atoms. The number of benzene rings is 1. The van der Waals surface area contributed by atoms with E-state index in [0.29, 0.717) is 0 Å². The maximum atomic E-state index is 11.2. The van der Waals surface area contributed by atoms with Crippen LogP contribution in [-0.2, 0) is 16.5 Å². The average molecular weight is 811 g/mol. The third kappa shape index (κ3) is 40.9. The van der Waals surface area contributed by atoms with Gasteiger partial charge in [0, 0.05) is 0 Å². The second-order valence-electron chi connectivity index (χ2n) is 17.7. The quantitative estimate of drug-likeness (QED) is 0.0374. The normalized spacial score (nSPS) is 11.7. The standard InChI is InChI=1S/C51H96O3S.Na/c1-2-3-4-5-6-7-8-9-10-11-12-13-14-15-16-17-18-19-20-21-22-23-24-25-26-27-28-29-30-31-32-33-34-35-36-37-38-39-40-41-42-43-44-46-50-47-45-48-51(49-50)55(52,53)54;/h45,47-49H,2-44,46H2,1H3,(H,52,53,54);/q;+1/p-1. The Morgan fingerprint density at radius 3 is 0.786 bits per heavy atom. The summed E-state index contributed by atoms with van der Waals surface area (Å²) in [5, 5.41) is 0. The van der Waals surface area contributed by atoms with Crippen LogP contribution in [0.5, 0.6) is 0 Å². The van der Waals surface area contributed by atoms with Crippen LogP contribution in [0.1, 0.15) is 289 Å². The molecule has 0 saturated heterocycles. The third-order valence-electron chi connectivity index (χ3n) is 12.3. The molecule has 0 saturated carbocycles. The first-order chi connectivity index (χ1) is 27.0. The van der Waals surface area contributed by atoms with Crippen molar-refractivity contribution in [2.24, 2.45) is 0 Å². The maximum absolute atomic E-state index is 11.2. The van der Waals surface area contributed by atoms with E-state index in [1.165, 1.54) is 282 Å². The molecule has 0 aromatic heterocycles. The molecule has 0 amide bonds. The fraction of sp³-hybridized carbons (Fsp3) is 0.882. The third-order valence-corrected chi connectivity index (χ3v) is 13.1. The van der Waals surface area contributed by atoms with E-state index in [9.17, 15) is 13.0 Å². The molecule has 0 heterocycles. The summed E-state index contributed by atoms with van der Waals surface area (Å²) in [4.78, 5) is -0.104.